The van der Waals surface area contributed by atoms with Gasteiger partial charge in [0, 0.05) is 18.3 Å². The number of hydrogen-bond donors (Lipinski definition) is 1. The van der Waals surface area contributed by atoms with Crippen molar-refractivity contribution in [2.75, 3.05) is 26.1 Å². The molecule has 4 rings (SSSR count). The number of amides is 2. The van der Waals surface area contributed by atoms with Crippen LogP contribution in [0.3, 0.4) is 0 Å². The molecule has 0 unspecified atom stereocenters. The molecule has 0 bridgehead atoms. The van der Waals surface area contributed by atoms with E-state index >= 15 is 0 Å². The van der Waals surface area contributed by atoms with Crippen molar-refractivity contribution < 1.29 is 33.0 Å². The average Bonchev–Trinajstić information content (AvgIpc) is 2.81. The van der Waals surface area contributed by atoms with Gasteiger partial charge in [0.2, 0.25) is 0 Å². The number of esters is 1. The van der Waals surface area contributed by atoms with Gasteiger partial charge in [-0.05, 0) is 49.2 Å². The number of rotatable bonds is 4. The number of ether oxygens (including phenoxy) is 3. The molecule has 2 aliphatic rings. The molecule has 9 heteroatoms. The summed E-state index contributed by atoms with van der Waals surface area (Å²) in [5, 5.41) is 2.69. The van der Waals surface area contributed by atoms with E-state index in [1.807, 2.05) is 0 Å². The number of nitrogens with one attached hydrogen (secondary N) is 1. The van der Waals surface area contributed by atoms with Gasteiger partial charge in [-0.1, -0.05) is 6.07 Å². The van der Waals surface area contributed by atoms with Crippen LogP contribution in [0.4, 0.5) is 10.1 Å². The molecule has 1 saturated heterocycles. The Hall–Kier alpha value is -3.46. The van der Waals surface area contributed by atoms with Crippen LogP contribution in [0.1, 0.15) is 40.0 Å². The minimum atomic E-state index is -0.510. The van der Waals surface area contributed by atoms with Crippen LogP contribution >= 0.6 is 0 Å². The maximum absolute atomic E-state index is 13.4. The topological polar surface area (TPSA) is 94.2 Å². The Morgan fingerprint density at radius 2 is 2.03 bits per heavy atom. The van der Waals surface area contributed by atoms with Crippen LogP contribution in [0, 0.1) is 5.82 Å². The molecule has 2 aromatic carbocycles. The Morgan fingerprint density at radius 1 is 1.21 bits per heavy atom. The van der Waals surface area contributed by atoms with E-state index in [0.717, 1.165) is 6.07 Å². The molecule has 1 fully saturated rings. The van der Waals surface area contributed by atoms with Gasteiger partial charge in [0.1, 0.15) is 24.3 Å². The molecule has 2 aromatic rings. The molecule has 2 heterocycles. The van der Waals surface area contributed by atoms with Gasteiger partial charge in [0.05, 0.1) is 31.2 Å². The van der Waals surface area contributed by atoms with Gasteiger partial charge < -0.3 is 24.4 Å². The number of carbonyl (C=O) groups is 3. The highest BCUT2D eigenvalue weighted by Gasteiger charge is 2.39. The first-order valence-electron chi connectivity index (χ1n) is 10.7. The SMILES string of the molecule is COC(=O)C[C@@H]1CC[C@H]2[C@@H](COc3ccc(NC(=O)c4cccc(F)c4)cc3C(=O)N2C)O1. The lowest BCUT2D eigenvalue weighted by Crippen LogP contribution is -2.53. The maximum Gasteiger partial charge on any atom is 0.308 e. The fourth-order valence-corrected chi connectivity index (χ4v) is 4.21. The summed E-state index contributed by atoms with van der Waals surface area (Å²) < 4.78 is 30.1. The number of likely N-dealkylation sites (N-methyl/N-ethyl adjacent to an activating group) is 1. The highest BCUT2D eigenvalue weighted by Crippen LogP contribution is 2.32. The summed E-state index contributed by atoms with van der Waals surface area (Å²) in [5.41, 5.74) is 0.873. The van der Waals surface area contributed by atoms with Crippen molar-refractivity contribution in [2.45, 2.75) is 37.5 Å². The number of methoxy groups -OCH3 is 1. The summed E-state index contributed by atoms with van der Waals surface area (Å²) in [7, 11) is 3.04. The lowest BCUT2D eigenvalue weighted by atomic mass is 9.94. The van der Waals surface area contributed by atoms with Crippen LogP contribution in [0.2, 0.25) is 0 Å². The monoisotopic (exact) mass is 456 g/mol. The quantitative estimate of drug-likeness (QED) is 0.711. The van der Waals surface area contributed by atoms with Gasteiger partial charge in [-0.2, -0.15) is 0 Å². The number of hydrogen-bond acceptors (Lipinski definition) is 6. The summed E-state index contributed by atoms with van der Waals surface area (Å²) in [6, 6.07) is 9.91. The molecule has 3 atom stereocenters. The van der Waals surface area contributed by atoms with E-state index in [2.05, 4.69) is 5.32 Å². The minimum absolute atomic E-state index is 0.155. The van der Waals surface area contributed by atoms with Gasteiger partial charge in [-0.15, -0.1) is 0 Å². The predicted octanol–water partition coefficient (Wildman–Crippen LogP) is 3.02. The van der Waals surface area contributed by atoms with E-state index in [1.54, 1.807) is 30.1 Å². The summed E-state index contributed by atoms with van der Waals surface area (Å²) in [5.74, 6) is -1.24. The second-order valence-electron chi connectivity index (χ2n) is 8.12. The van der Waals surface area contributed by atoms with Crippen molar-refractivity contribution >= 4 is 23.5 Å². The Kier molecular flexibility index (Phi) is 6.60. The standard InChI is InChI=1S/C24H25FN2O6/c1-27-19-8-7-17(12-22(28)31-2)33-21(19)13-32-20-9-6-16(11-18(20)24(27)30)26-23(29)14-4-3-5-15(25)10-14/h3-6,9-11,17,19,21H,7-8,12-13H2,1-2H3,(H,26,29)/t17-,19-,21+/m0/s1. The van der Waals surface area contributed by atoms with Gasteiger partial charge in [-0.3, -0.25) is 14.4 Å². The van der Waals surface area contributed by atoms with Crippen molar-refractivity contribution in [3.05, 3.63) is 59.4 Å². The number of anilines is 1. The smallest absolute Gasteiger partial charge is 0.308 e. The third kappa shape index (κ3) is 4.98. The fraction of sp³-hybridized carbons (Fsp3) is 0.375. The van der Waals surface area contributed by atoms with E-state index < -0.39 is 11.7 Å². The molecular formula is C24H25FN2O6. The molecule has 33 heavy (non-hydrogen) atoms. The third-order valence-electron chi connectivity index (χ3n) is 5.98. The van der Waals surface area contributed by atoms with Crippen molar-refractivity contribution in [3.8, 4) is 5.75 Å². The molecule has 174 valence electrons. The molecule has 0 radical (unpaired) electrons. The largest absolute Gasteiger partial charge is 0.490 e. The lowest BCUT2D eigenvalue weighted by molar-refractivity contribution is -0.151. The van der Waals surface area contributed by atoms with Crippen LogP contribution in [0.25, 0.3) is 0 Å². The Labute approximate surface area is 190 Å². The maximum atomic E-state index is 13.4. The summed E-state index contributed by atoms with van der Waals surface area (Å²) in [6.07, 6.45) is 0.753. The van der Waals surface area contributed by atoms with E-state index in [1.165, 1.54) is 25.3 Å². The normalized spacial score (nSPS) is 22.2. The number of fused-ring (bicyclic) bond motifs is 2. The highest BCUT2D eigenvalue weighted by molar-refractivity contribution is 6.05. The third-order valence-corrected chi connectivity index (χ3v) is 5.98. The van der Waals surface area contributed by atoms with E-state index in [9.17, 15) is 18.8 Å². The molecule has 1 N–H and O–H groups in total. The second kappa shape index (κ2) is 9.58. The summed E-state index contributed by atoms with van der Waals surface area (Å²) in [4.78, 5) is 39.0. The molecular weight excluding hydrogens is 431 g/mol. The highest BCUT2D eigenvalue weighted by atomic mass is 19.1. The fourth-order valence-electron chi connectivity index (χ4n) is 4.21. The Balaban J connectivity index is 1.52. The van der Waals surface area contributed by atoms with Gasteiger partial charge in [0.25, 0.3) is 11.8 Å². The van der Waals surface area contributed by atoms with Crippen LogP contribution in [-0.2, 0) is 14.3 Å². The van der Waals surface area contributed by atoms with Crippen molar-refractivity contribution in [2.24, 2.45) is 0 Å². The molecule has 2 aliphatic heterocycles. The Bertz CT molecular complexity index is 1070. The van der Waals surface area contributed by atoms with Crippen molar-refractivity contribution in [1.82, 2.24) is 4.90 Å². The number of nitrogens with zero attached hydrogens (tertiary/aromatic N) is 1. The van der Waals surface area contributed by atoms with Crippen LogP contribution in [0.15, 0.2) is 42.5 Å². The summed E-state index contributed by atoms with van der Waals surface area (Å²) >= 11 is 0. The van der Waals surface area contributed by atoms with Crippen molar-refractivity contribution in [3.63, 3.8) is 0 Å². The zero-order valence-corrected chi connectivity index (χ0v) is 18.4. The van der Waals surface area contributed by atoms with Gasteiger partial charge in [-0.25, -0.2) is 4.39 Å². The molecule has 2 amide bonds. The first kappa shape index (κ1) is 22.7. The van der Waals surface area contributed by atoms with Crippen LogP contribution in [-0.4, -0.2) is 61.7 Å². The van der Waals surface area contributed by atoms with E-state index in [-0.39, 0.29) is 48.7 Å². The predicted molar refractivity (Wildman–Crippen MR) is 117 cm³/mol. The Morgan fingerprint density at radius 3 is 2.79 bits per heavy atom. The minimum Gasteiger partial charge on any atom is -0.490 e. The zero-order valence-electron chi connectivity index (χ0n) is 18.4. The lowest BCUT2D eigenvalue weighted by Gasteiger charge is -2.42. The van der Waals surface area contributed by atoms with E-state index in [4.69, 9.17) is 14.2 Å². The zero-order chi connectivity index (χ0) is 23.5. The number of benzene rings is 2. The first-order valence-corrected chi connectivity index (χ1v) is 10.7. The van der Waals surface area contributed by atoms with Crippen LogP contribution < -0.4 is 10.1 Å². The molecule has 8 nitrogen and oxygen atoms in total. The van der Waals surface area contributed by atoms with Gasteiger partial charge in [0.15, 0.2) is 0 Å². The number of carbonyl (C=O) groups excluding carboxylic acids is 3. The van der Waals surface area contributed by atoms with Crippen LogP contribution in [0.5, 0.6) is 5.75 Å². The second-order valence-corrected chi connectivity index (χ2v) is 8.12. The molecule has 0 aliphatic carbocycles. The first-order chi connectivity index (χ1) is 15.9. The number of halogens is 1. The molecule has 0 aromatic heterocycles. The van der Waals surface area contributed by atoms with E-state index in [0.29, 0.717) is 29.8 Å². The molecule has 0 saturated carbocycles. The average molecular weight is 456 g/mol. The van der Waals surface area contributed by atoms with Gasteiger partial charge >= 0.3 is 5.97 Å². The van der Waals surface area contributed by atoms with Crippen molar-refractivity contribution in [1.29, 1.82) is 0 Å². The summed E-state index contributed by atoms with van der Waals surface area (Å²) in [6.45, 7) is 0.210. The molecule has 0 spiro atoms.